The molecule has 2 heterocycles. The Bertz CT molecular complexity index is 1730. The molecule has 0 amide bonds. The lowest BCUT2D eigenvalue weighted by Gasteiger charge is -2.43. The molecule has 2 aliphatic heterocycles. The van der Waals surface area contributed by atoms with Gasteiger partial charge in [0.2, 0.25) is 0 Å². The zero-order valence-corrected chi connectivity index (χ0v) is 23.5. The highest BCUT2D eigenvalue weighted by Crippen LogP contribution is 2.41. The molecule has 40 heavy (non-hydrogen) atoms. The summed E-state index contributed by atoms with van der Waals surface area (Å²) in [6.07, 6.45) is 0. The molecule has 0 unspecified atom stereocenters. The second kappa shape index (κ2) is 9.30. The van der Waals surface area contributed by atoms with Crippen LogP contribution in [0.4, 0.5) is 17.1 Å². The van der Waals surface area contributed by atoms with Crippen molar-refractivity contribution in [2.45, 2.75) is 9.79 Å². The molecule has 0 bridgehead atoms. The number of nitrogens with zero attached hydrogens (tertiary/aromatic N) is 1. The van der Waals surface area contributed by atoms with Crippen molar-refractivity contribution in [1.29, 1.82) is 0 Å². The summed E-state index contributed by atoms with van der Waals surface area (Å²) in [6, 6.07) is 54.8. The normalized spacial score (nSPS) is 13.8. The van der Waals surface area contributed by atoms with Crippen molar-refractivity contribution in [2.75, 3.05) is 4.90 Å². The lowest BCUT2D eigenvalue weighted by atomic mass is 10.2. The van der Waals surface area contributed by atoms with E-state index < -0.39 is 8.07 Å². The third-order valence-electron chi connectivity index (χ3n) is 7.97. The maximum absolute atomic E-state index is 6.57. The molecule has 4 heteroatoms. The van der Waals surface area contributed by atoms with Crippen LogP contribution >= 0.6 is 11.8 Å². The first kappa shape index (κ1) is 23.4. The van der Waals surface area contributed by atoms with Gasteiger partial charge in [-0.2, -0.15) is 0 Å². The highest BCUT2D eigenvalue weighted by molar-refractivity contribution is 8.00. The van der Waals surface area contributed by atoms with Gasteiger partial charge in [-0.05, 0) is 81.4 Å². The van der Waals surface area contributed by atoms with Gasteiger partial charge >= 0.3 is 0 Å². The fraction of sp³-hybridized carbons (Fsp3) is 0. The standard InChI is InChI=1S/C36H25NOSSi/c1-3-13-26(14-4-1)37(27-15-5-2-6-16-27)28-23-24-32-36(25-28)40(35-22-12-9-19-31(35)39-32)33-20-10-7-17-29(33)38-30-18-8-11-21-34(30)40/h1-25H. The highest BCUT2D eigenvalue weighted by Gasteiger charge is 2.52. The van der Waals surface area contributed by atoms with Gasteiger partial charge in [0.25, 0.3) is 0 Å². The quantitative estimate of drug-likeness (QED) is 0.219. The summed E-state index contributed by atoms with van der Waals surface area (Å²) in [5, 5.41) is 5.46. The van der Waals surface area contributed by atoms with Crippen LogP contribution in [-0.2, 0) is 0 Å². The van der Waals surface area contributed by atoms with Crippen molar-refractivity contribution in [3.63, 3.8) is 0 Å². The van der Waals surface area contributed by atoms with Crippen LogP contribution in [0.1, 0.15) is 0 Å². The van der Waals surface area contributed by atoms with E-state index in [9.17, 15) is 0 Å². The minimum atomic E-state index is -2.70. The number of anilines is 3. The Morgan fingerprint density at radius 3 is 1.55 bits per heavy atom. The number of hydrogen-bond acceptors (Lipinski definition) is 3. The van der Waals surface area contributed by atoms with E-state index in [0.717, 1.165) is 28.6 Å². The van der Waals surface area contributed by atoms with E-state index in [-0.39, 0.29) is 0 Å². The predicted molar refractivity (Wildman–Crippen MR) is 169 cm³/mol. The molecule has 0 radical (unpaired) electrons. The molecule has 2 aliphatic rings. The van der Waals surface area contributed by atoms with E-state index in [2.05, 4.69) is 157 Å². The van der Waals surface area contributed by atoms with Crippen molar-refractivity contribution in [1.82, 2.24) is 0 Å². The van der Waals surface area contributed by atoms with Gasteiger partial charge in [-0.15, -0.1) is 0 Å². The summed E-state index contributed by atoms with van der Waals surface area (Å²) in [6.45, 7) is 0. The second-order valence-corrected chi connectivity index (χ2v) is 14.9. The van der Waals surface area contributed by atoms with Crippen molar-refractivity contribution < 1.29 is 4.74 Å². The van der Waals surface area contributed by atoms with Crippen molar-refractivity contribution in [3.05, 3.63) is 152 Å². The summed E-state index contributed by atoms with van der Waals surface area (Å²) in [7, 11) is -2.70. The Kier molecular flexibility index (Phi) is 5.44. The Morgan fingerprint density at radius 2 is 0.925 bits per heavy atom. The van der Waals surface area contributed by atoms with Gasteiger partial charge in [0.05, 0.1) is 0 Å². The molecule has 0 aromatic heterocycles. The molecule has 1 spiro atoms. The van der Waals surface area contributed by atoms with E-state index >= 15 is 0 Å². The maximum Gasteiger partial charge on any atom is 0.190 e. The van der Waals surface area contributed by atoms with Gasteiger partial charge in [0.1, 0.15) is 11.5 Å². The lowest BCUT2D eigenvalue weighted by molar-refractivity contribution is 0.487. The molecule has 190 valence electrons. The number of rotatable bonds is 3. The first-order chi connectivity index (χ1) is 19.8. The molecule has 0 fully saturated rings. The largest absolute Gasteiger partial charge is 0.458 e. The predicted octanol–water partition coefficient (Wildman–Crippen LogP) is 7.10. The zero-order chi connectivity index (χ0) is 26.5. The summed E-state index contributed by atoms with van der Waals surface area (Å²) in [5.74, 6) is 1.93. The van der Waals surface area contributed by atoms with E-state index in [1.165, 1.54) is 30.5 Å². The van der Waals surface area contributed by atoms with E-state index in [0.29, 0.717) is 0 Å². The molecule has 0 aliphatic carbocycles. The van der Waals surface area contributed by atoms with Gasteiger partial charge in [0, 0.05) is 26.9 Å². The Morgan fingerprint density at radius 1 is 0.425 bits per heavy atom. The highest BCUT2D eigenvalue weighted by atomic mass is 32.2. The molecular formula is C36H25NOSSi. The molecule has 0 atom stereocenters. The summed E-state index contributed by atoms with van der Waals surface area (Å²) in [5.41, 5.74) is 3.44. The summed E-state index contributed by atoms with van der Waals surface area (Å²) < 4.78 is 6.57. The number of hydrogen-bond donors (Lipinski definition) is 0. The maximum atomic E-state index is 6.57. The molecule has 6 aromatic carbocycles. The molecule has 0 saturated carbocycles. The van der Waals surface area contributed by atoms with Crippen molar-refractivity contribution in [2.24, 2.45) is 0 Å². The summed E-state index contributed by atoms with van der Waals surface area (Å²) >= 11 is 1.89. The van der Waals surface area contributed by atoms with E-state index in [4.69, 9.17) is 4.74 Å². The van der Waals surface area contributed by atoms with Crippen LogP contribution < -0.4 is 30.4 Å². The number of fused-ring (bicyclic) bond motifs is 8. The summed E-state index contributed by atoms with van der Waals surface area (Å²) in [4.78, 5) is 5.02. The number of ether oxygens (including phenoxy) is 1. The minimum Gasteiger partial charge on any atom is -0.458 e. The van der Waals surface area contributed by atoms with Crippen LogP contribution in [0.5, 0.6) is 11.5 Å². The van der Waals surface area contributed by atoms with Crippen molar-refractivity contribution in [3.8, 4) is 11.5 Å². The Balaban J connectivity index is 1.46. The molecule has 6 aromatic rings. The third kappa shape index (κ3) is 3.43. The van der Waals surface area contributed by atoms with E-state index in [1.807, 2.05) is 11.8 Å². The Labute approximate surface area is 239 Å². The molecule has 8 rings (SSSR count). The van der Waals surface area contributed by atoms with Gasteiger partial charge in [-0.1, -0.05) is 103 Å². The second-order valence-electron chi connectivity index (χ2n) is 10.1. The smallest absolute Gasteiger partial charge is 0.190 e. The Hall–Kier alpha value is -4.51. The van der Waals surface area contributed by atoms with Crippen LogP contribution in [-0.4, -0.2) is 8.07 Å². The third-order valence-corrected chi connectivity index (χ3v) is 14.4. The van der Waals surface area contributed by atoms with Gasteiger partial charge in [-0.3, -0.25) is 0 Å². The average Bonchev–Trinajstić information content (AvgIpc) is 3.02. The van der Waals surface area contributed by atoms with E-state index in [1.54, 1.807) is 0 Å². The fourth-order valence-electron chi connectivity index (χ4n) is 6.34. The molecule has 0 saturated heterocycles. The molecule has 0 N–H and O–H groups in total. The van der Waals surface area contributed by atoms with Gasteiger partial charge < -0.3 is 9.64 Å². The SMILES string of the molecule is c1ccc(N(c2ccccc2)c2ccc3c(c2)[Si]2(c4ccccc4Oc4ccccc42)c2ccccc2S3)cc1. The van der Waals surface area contributed by atoms with Crippen molar-refractivity contribution >= 4 is 57.6 Å². The first-order valence-electron chi connectivity index (χ1n) is 13.5. The number of benzene rings is 6. The first-order valence-corrected chi connectivity index (χ1v) is 16.3. The van der Waals surface area contributed by atoms with Crippen LogP contribution in [0.2, 0.25) is 0 Å². The molecule has 2 nitrogen and oxygen atoms in total. The zero-order valence-electron chi connectivity index (χ0n) is 21.7. The molecular weight excluding hydrogens is 523 g/mol. The van der Waals surface area contributed by atoms with Crippen LogP contribution in [0, 0.1) is 0 Å². The van der Waals surface area contributed by atoms with Crippen LogP contribution in [0.3, 0.4) is 0 Å². The van der Waals surface area contributed by atoms with Gasteiger partial charge in [-0.25, -0.2) is 0 Å². The minimum absolute atomic E-state index is 0.967. The average molecular weight is 548 g/mol. The number of para-hydroxylation sites is 4. The van der Waals surface area contributed by atoms with Crippen LogP contribution in [0.25, 0.3) is 0 Å². The van der Waals surface area contributed by atoms with Crippen LogP contribution in [0.15, 0.2) is 161 Å². The lowest BCUT2D eigenvalue weighted by Crippen LogP contribution is -2.77. The fourth-order valence-corrected chi connectivity index (χ4v) is 13.5. The monoisotopic (exact) mass is 547 g/mol. The van der Waals surface area contributed by atoms with Gasteiger partial charge in [0.15, 0.2) is 8.07 Å². The topological polar surface area (TPSA) is 12.5 Å².